The Bertz CT molecular complexity index is 653. The zero-order valence-electron chi connectivity index (χ0n) is 9.38. The highest BCUT2D eigenvalue weighted by molar-refractivity contribution is 7.12. The van der Waals surface area contributed by atoms with Crippen molar-refractivity contribution < 1.29 is 19.8 Å². The fourth-order valence-corrected chi connectivity index (χ4v) is 2.46. The number of phenols is 1. The predicted molar refractivity (Wildman–Crippen MR) is 72.3 cm³/mol. The van der Waals surface area contributed by atoms with Crippen molar-refractivity contribution in [1.82, 2.24) is 0 Å². The molecule has 0 aliphatic carbocycles. The van der Waals surface area contributed by atoms with Gasteiger partial charge in [0.05, 0.1) is 5.02 Å². The Balaban J connectivity index is 2.25. The Kier molecular flexibility index (Phi) is 3.73. The van der Waals surface area contributed by atoms with Crippen LogP contribution in [0.1, 0.15) is 20.0 Å². The second kappa shape index (κ2) is 5.29. The molecule has 1 amide bonds. The van der Waals surface area contributed by atoms with Crippen LogP contribution < -0.4 is 5.32 Å². The SMILES string of the molecule is O=C(O)c1cc(NC(=O)c2sccc2Cl)ccc1O. The molecule has 0 saturated heterocycles. The van der Waals surface area contributed by atoms with Gasteiger partial charge in [-0.05, 0) is 29.6 Å². The molecule has 19 heavy (non-hydrogen) atoms. The van der Waals surface area contributed by atoms with Crippen LogP contribution in [-0.4, -0.2) is 22.1 Å². The molecule has 0 saturated carbocycles. The van der Waals surface area contributed by atoms with Crippen molar-refractivity contribution >= 4 is 40.5 Å². The Morgan fingerprint density at radius 2 is 2.00 bits per heavy atom. The predicted octanol–water partition coefficient (Wildman–Crippen LogP) is 3.06. The van der Waals surface area contributed by atoms with Crippen molar-refractivity contribution in [3.8, 4) is 5.75 Å². The highest BCUT2D eigenvalue weighted by atomic mass is 35.5. The lowest BCUT2D eigenvalue weighted by Crippen LogP contribution is -2.11. The van der Waals surface area contributed by atoms with Gasteiger partial charge in [0.25, 0.3) is 5.91 Å². The van der Waals surface area contributed by atoms with Gasteiger partial charge in [-0.3, -0.25) is 4.79 Å². The molecule has 3 N–H and O–H groups in total. The number of anilines is 1. The van der Waals surface area contributed by atoms with E-state index in [4.69, 9.17) is 16.7 Å². The van der Waals surface area contributed by atoms with Gasteiger partial charge < -0.3 is 15.5 Å². The van der Waals surface area contributed by atoms with Gasteiger partial charge in [-0.25, -0.2) is 4.79 Å². The summed E-state index contributed by atoms with van der Waals surface area (Å²) in [5, 5.41) is 22.7. The molecular weight excluding hydrogens is 290 g/mol. The Morgan fingerprint density at radius 3 is 2.58 bits per heavy atom. The second-order valence-electron chi connectivity index (χ2n) is 3.59. The lowest BCUT2D eigenvalue weighted by Gasteiger charge is -2.06. The summed E-state index contributed by atoms with van der Waals surface area (Å²) in [4.78, 5) is 23.1. The van der Waals surface area contributed by atoms with Gasteiger partial charge in [0.15, 0.2) is 0 Å². The monoisotopic (exact) mass is 297 g/mol. The van der Waals surface area contributed by atoms with Gasteiger partial charge >= 0.3 is 5.97 Å². The van der Waals surface area contributed by atoms with Crippen molar-refractivity contribution in [1.29, 1.82) is 0 Å². The molecule has 1 aromatic heterocycles. The maximum absolute atomic E-state index is 11.9. The smallest absolute Gasteiger partial charge is 0.339 e. The summed E-state index contributed by atoms with van der Waals surface area (Å²) in [6, 6.07) is 5.38. The minimum atomic E-state index is -1.28. The second-order valence-corrected chi connectivity index (χ2v) is 4.91. The number of aromatic carboxylic acids is 1. The summed E-state index contributed by atoms with van der Waals surface area (Å²) in [7, 11) is 0. The van der Waals surface area contributed by atoms with Gasteiger partial charge in [-0.15, -0.1) is 11.3 Å². The van der Waals surface area contributed by atoms with Crippen LogP contribution in [-0.2, 0) is 0 Å². The van der Waals surface area contributed by atoms with Crippen molar-refractivity contribution in [2.24, 2.45) is 0 Å². The first-order valence-electron chi connectivity index (χ1n) is 5.09. The molecule has 0 aliphatic heterocycles. The van der Waals surface area contributed by atoms with Crippen LogP contribution in [0.15, 0.2) is 29.6 Å². The van der Waals surface area contributed by atoms with Gasteiger partial charge in [0.1, 0.15) is 16.2 Å². The third-order valence-electron chi connectivity index (χ3n) is 2.31. The number of thiophene rings is 1. The molecule has 98 valence electrons. The summed E-state index contributed by atoms with van der Waals surface area (Å²) in [5.74, 6) is -2.07. The summed E-state index contributed by atoms with van der Waals surface area (Å²) >= 11 is 7.00. The number of carbonyl (C=O) groups excluding carboxylic acids is 1. The number of halogens is 1. The van der Waals surface area contributed by atoms with E-state index in [0.717, 1.165) is 0 Å². The summed E-state index contributed by atoms with van der Waals surface area (Å²) in [5.41, 5.74) is -0.0141. The van der Waals surface area contributed by atoms with E-state index in [0.29, 0.717) is 9.90 Å². The molecule has 2 aromatic rings. The normalized spacial score (nSPS) is 10.2. The van der Waals surface area contributed by atoms with Crippen LogP contribution in [0.25, 0.3) is 0 Å². The molecule has 0 spiro atoms. The standard InChI is InChI=1S/C12H8ClNO4S/c13-8-3-4-19-10(8)11(16)14-6-1-2-9(15)7(5-6)12(17)18/h1-5,15H,(H,14,16)(H,17,18). The first-order valence-corrected chi connectivity index (χ1v) is 6.35. The van der Waals surface area contributed by atoms with Crippen LogP contribution in [0.5, 0.6) is 5.75 Å². The number of nitrogens with one attached hydrogen (secondary N) is 1. The topological polar surface area (TPSA) is 86.6 Å². The summed E-state index contributed by atoms with van der Waals surface area (Å²) < 4.78 is 0. The van der Waals surface area contributed by atoms with Crippen molar-refractivity contribution in [3.63, 3.8) is 0 Å². The number of benzene rings is 1. The largest absolute Gasteiger partial charge is 0.507 e. The zero-order valence-corrected chi connectivity index (χ0v) is 11.0. The van der Waals surface area contributed by atoms with Gasteiger partial charge in [0.2, 0.25) is 0 Å². The lowest BCUT2D eigenvalue weighted by atomic mass is 10.2. The molecule has 1 heterocycles. The number of amides is 1. The molecule has 0 atom stereocenters. The Morgan fingerprint density at radius 1 is 1.26 bits per heavy atom. The number of carboxylic acids is 1. The van der Waals surface area contributed by atoms with Crippen LogP contribution >= 0.6 is 22.9 Å². The van der Waals surface area contributed by atoms with Gasteiger partial charge in [-0.1, -0.05) is 11.6 Å². The summed E-state index contributed by atoms with van der Waals surface area (Å²) in [6.45, 7) is 0. The highest BCUT2D eigenvalue weighted by Gasteiger charge is 2.14. The molecule has 0 aliphatic rings. The number of carboxylic acid groups (broad SMARTS) is 1. The number of aromatic hydroxyl groups is 1. The molecule has 0 unspecified atom stereocenters. The number of hydrogen-bond donors (Lipinski definition) is 3. The molecule has 0 fully saturated rings. The minimum Gasteiger partial charge on any atom is -0.507 e. The molecule has 0 bridgehead atoms. The van der Waals surface area contributed by atoms with E-state index in [1.165, 1.54) is 29.5 Å². The molecule has 7 heteroatoms. The van der Waals surface area contributed by atoms with Crippen molar-refractivity contribution in [2.75, 3.05) is 5.32 Å². The van der Waals surface area contributed by atoms with E-state index in [2.05, 4.69) is 5.32 Å². The number of hydrogen-bond acceptors (Lipinski definition) is 4. The first-order chi connectivity index (χ1) is 8.99. The van der Waals surface area contributed by atoms with E-state index in [1.54, 1.807) is 11.4 Å². The van der Waals surface area contributed by atoms with Gasteiger partial charge in [-0.2, -0.15) is 0 Å². The highest BCUT2D eigenvalue weighted by Crippen LogP contribution is 2.25. The number of carbonyl (C=O) groups is 2. The maximum atomic E-state index is 11.9. The minimum absolute atomic E-state index is 0.268. The molecule has 2 rings (SSSR count). The van der Waals surface area contributed by atoms with Crippen LogP contribution in [0, 0.1) is 0 Å². The van der Waals surface area contributed by atoms with E-state index >= 15 is 0 Å². The molecule has 1 aromatic carbocycles. The van der Waals surface area contributed by atoms with E-state index in [-0.39, 0.29) is 17.0 Å². The van der Waals surface area contributed by atoms with Crippen LogP contribution in [0.4, 0.5) is 5.69 Å². The van der Waals surface area contributed by atoms with Crippen molar-refractivity contribution in [3.05, 3.63) is 45.1 Å². The average molecular weight is 298 g/mol. The van der Waals surface area contributed by atoms with Crippen LogP contribution in [0.2, 0.25) is 5.02 Å². The quantitative estimate of drug-likeness (QED) is 0.760. The average Bonchev–Trinajstić information content (AvgIpc) is 2.77. The Labute approximate surface area is 117 Å². The number of rotatable bonds is 3. The van der Waals surface area contributed by atoms with Crippen molar-refractivity contribution in [2.45, 2.75) is 0 Å². The maximum Gasteiger partial charge on any atom is 0.339 e. The van der Waals surface area contributed by atoms with Gasteiger partial charge in [0, 0.05) is 5.69 Å². The third-order valence-corrected chi connectivity index (χ3v) is 3.65. The fourth-order valence-electron chi connectivity index (χ4n) is 1.43. The summed E-state index contributed by atoms with van der Waals surface area (Å²) in [6.07, 6.45) is 0. The first kappa shape index (κ1) is 13.4. The lowest BCUT2D eigenvalue weighted by molar-refractivity contribution is 0.0693. The van der Waals surface area contributed by atoms with E-state index in [9.17, 15) is 14.7 Å². The molecule has 0 radical (unpaired) electrons. The molecular formula is C12H8ClNO4S. The van der Waals surface area contributed by atoms with Crippen LogP contribution in [0.3, 0.4) is 0 Å². The molecule has 5 nitrogen and oxygen atoms in total. The fraction of sp³-hybridized carbons (Fsp3) is 0. The zero-order chi connectivity index (χ0) is 14.0. The Hall–Kier alpha value is -2.05. The van der Waals surface area contributed by atoms with E-state index in [1.807, 2.05) is 0 Å². The third kappa shape index (κ3) is 2.86. The van der Waals surface area contributed by atoms with E-state index < -0.39 is 11.9 Å².